The molecule has 1 atom stereocenters. The van der Waals surface area contributed by atoms with Crippen molar-refractivity contribution in [3.8, 4) is 5.75 Å². The fourth-order valence-electron chi connectivity index (χ4n) is 2.48. The third-order valence-electron chi connectivity index (χ3n) is 3.65. The predicted molar refractivity (Wildman–Crippen MR) is 92.0 cm³/mol. The van der Waals surface area contributed by atoms with E-state index in [0.29, 0.717) is 6.04 Å². The number of hydrogen-bond acceptors (Lipinski definition) is 2. The molecule has 0 saturated heterocycles. The van der Waals surface area contributed by atoms with E-state index in [9.17, 15) is 0 Å². The number of ether oxygens (including phenoxy) is 1. The first kappa shape index (κ1) is 18.0. The number of nitrogens with one attached hydrogen (secondary N) is 1. The van der Waals surface area contributed by atoms with E-state index >= 15 is 0 Å². The van der Waals surface area contributed by atoms with Crippen LogP contribution in [0.15, 0.2) is 24.3 Å². The zero-order chi connectivity index (χ0) is 15.5. The summed E-state index contributed by atoms with van der Waals surface area (Å²) in [5.74, 6) is 1.79. The Morgan fingerprint density at radius 2 is 1.90 bits per heavy atom. The maximum atomic E-state index is 5.77. The normalized spacial score (nSPS) is 12.6. The quantitative estimate of drug-likeness (QED) is 0.594. The van der Waals surface area contributed by atoms with Gasteiger partial charge in [-0.2, -0.15) is 0 Å². The molecule has 0 amide bonds. The van der Waals surface area contributed by atoms with Gasteiger partial charge in [0.1, 0.15) is 5.75 Å². The Morgan fingerprint density at radius 3 is 2.57 bits per heavy atom. The SMILES string of the molecule is CCCNC(CCCC(C)C)c1cccc(OCCC)c1. The van der Waals surface area contributed by atoms with E-state index in [1.807, 2.05) is 0 Å². The largest absolute Gasteiger partial charge is 0.494 e. The van der Waals surface area contributed by atoms with Gasteiger partial charge in [0.05, 0.1) is 6.61 Å². The number of benzene rings is 1. The average molecular weight is 291 g/mol. The summed E-state index contributed by atoms with van der Waals surface area (Å²) in [6, 6.07) is 9.06. The summed E-state index contributed by atoms with van der Waals surface area (Å²) in [7, 11) is 0. The minimum Gasteiger partial charge on any atom is -0.494 e. The van der Waals surface area contributed by atoms with Gasteiger partial charge >= 0.3 is 0 Å². The van der Waals surface area contributed by atoms with Crippen LogP contribution in [-0.4, -0.2) is 13.2 Å². The Labute approximate surface area is 131 Å². The van der Waals surface area contributed by atoms with Crippen LogP contribution >= 0.6 is 0 Å². The van der Waals surface area contributed by atoms with Crippen molar-refractivity contribution in [3.63, 3.8) is 0 Å². The fourth-order valence-corrected chi connectivity index (χ4v) is 2.48. The summed E-state index contributed by atoms with van der Waals surface area (Å²) in [4.78, 5) is 0. The van der Waals surface area contributed by atoms with Crippen LogP contribution in [0, 0.1) is 5.92 Å². The van der Waals surface area contributed by atoms with Gasteiger partial charge in [-0.25, -0.2) is 0 Å². The van der Waals surface area contributed by atoms with E-state index in [0.717, 1.165) is 31.2 Å². The van der Waals surface area contributed by atoms with Gasteiger partial charge in [0.2, 0.25) is 0 Å². The molecule has 0 fully saturated rings. The molecule has 0 heterocycles. The average Bonchev–Trinajstić information content (AvgIpc) is 2.48. The first-order valence-corrected chi connectivity index (χ1v) is 8.63. The number of rotatable bonds is 11. The molecule has 1 unspecified atom stereocenters. The smallest absolute Gasteiger partial charge is 0.119 e. The Balaban J connectivity index is 2.66. The van der Waals surface area contributed by atoms with Gasteiger partial charge in [0.15, 0.2) is 0 Å². The molecule has 1 rings (SSSR count). The van der Waals surface area contributed by atoms with Crippen LogP contribution < -0.4 is 10.1 Å². The standard InChI is InChI=1S/C19H33NO/c1-5-13-20-19(12-7-9-16(3)4)17-10-8-11-18(15-17)21-14-6-2/h8,10-11,15-16,19-20H,5-7,9,12-14H2,1-4H3. The highest BCUT2D eigenvalue weighted by Gasteiger charge is 2.11. The van der Waals surface area contributed by atoms with E-state index < -0.39 is 0 Å². The molecule has 0 aromatic heterocycles. The van der Waals surface area contributed by atoms with Crippen LogP contribution in [-0.2, 0) is 0 Å². The third kappa shape index (κ3) is 7.52. The van der Waals surface area contributed by atoms with Gasteiger partial charge in [0.25, 0.3) is 0 Å². The Bertz CT molecular complexity index is 376. The van der Waals surface area contributed by atoms with E-state index in [1.54, 1.807) is 0 Å². The lowest BCUT2D eigenvalue weighted by Gasteiger charge is -2.20. The zero-order valence-electron chi connectivity index (χ0n) is 14.3. The molecule has 0 bridgehead atoms. The Kier molecular flexibility index (Phi) is 9.16. The highest BCUT2D eigenvalue weighted by Crippen LogP contribution is 2.24. The van der Waals surface area contributed by atoms with E-state index in [-0.39, 0.29) is 0 Å². The van der Waals surface area contributed by atoms with Crippen molar-refractivity contribution in [1.29, 1.82) is 0 Å². The lowest BCUT2D eigenvalue weighted by Crippen LogP contribution is -2.22. The first-order valence-electron chi connectivity index (χ1n) is 8.63. The lowest BCUT2D eigenvalue weighted by molar-refractivity contribution is 0.316. The summed E-state index contributed by atoms with van der Waals surface area (Å²) in [6.45, 7) is 10.8. The van der Waals surface area contributed by atoms with Crippen molar-refractivity contribution in [2.24, 2.45) is 5.92 Å². The molecule has 1 N–H and O–H groups in total. The highest BCUT2D eigenvalue weighted by molar-refractivity contribution is 5.30. The van der Waals surface area contributed by atoms with Gasteiger partial charge < -0.3 is 10.1 Å². The molecule has 0 aliphatic heterocycles. The van der Waals surface area contributed by atoms with Crippen LogP contribution in [0.2, 0.25) is 0 Å². The van der Waals surface area contributed by atoms with Crippen molar-refractivity contribution in [2.75, 3.05) is 13.2 Å². The van der Waals surface area contributed by atoms with E-state index in [2.05, 4.69) is 57.3 Å². The van der Waals surface area contributed by atoms with Crippen molar-refractivity contribution in [3.05, 3.63) is 29.8 Å². The van der Waals surface area contributed by atoms with Gasteiger partial charge in [-0.3, -0.25) is 0 Å². The molecular weight excluding hydrogens is 258 g/mol. The molecule has 0 aliphatic carbocycles. The van der Waals surface area contributed by atoms with Crippen molar-refractivity contribution >= 4 is 0 Å². The monoisotopic (exact) mass is 291 g/mol. The first-order chi connectivity index (χ1) is 10.2. The van der Waals surface area contributed by atoms with Crippen LogP contribution in [0.3, 0.4) is 0 Å². The second-order valence-corrected chi connectivity index (χ2v) is 6.25. The van der Waals surface area contributed by atoms with E-state index in [4.69, 9.17) is 4.74 Å². The van der Waals surface area contributed by atoms with Crippen molar-refractivity contribution < 1.29 is 4.74 Å². The van der Waals surface area contributed by atoms with Crippen LogP contribution in [0.1, 0.15) is 71.4 Å². The lowest BCUT2D eigenvalue weighted by atomic mass is 9.97. The van der Waals surface area contributed by atoms with Crippen LogP contribution in [0.25, 0.3) is 0 Å². The summed E-state index contributed by atoms with van der Waals surface area (Å²) in [5, 5.41) is 3.69. The molecule has 0 spiro atoms. The van der Waals surface area contributed by atoms with Crippen LogP contribution in [0.5, 0.6) is 5.75 Å². The maximum Gasteiger partial charge on any atom is 0.119 e. The molecule has 120 valence electrons. The molecule has 0 radical (unpaired) electrons. The summed E-state index contributed by atoms with van der Waals surface area (Å²) < 4.78 is 5.77. The summed E-state index contributed by atoms with van der Waals surface area (Å²) in [5.41, 5.74) is 1.36. The molecular formula is C19H33NO. The second kappa shape index (κ2) is 10.7. The predicted octanol–water partition coefficient (Wildman–Crippen LogP) is 5.34. The van der Waals surface area contributed by atoms with E-state index in [1.165, 1.54) is 31.2 Å². The van der Waals surface area contributed by atoms with Crippen LogP contribution in [0.4, 0.5) is 0 Å². The molecule has 2 nitrogen and oxygen atoms in total. The molecule has 0 aliphatic rings. The third-order valence-corrected chi connectivity index (χ3v) is 3.65. The highest BCUT2D eigenvalue weighted by atomic mass is 16.5. The van der Waals surface area contributed by atoms with Crippen molar-refractivity contribution in [1.82, 2.24) is 5.32 Å². The Morgan fingerprint density at radius 1 is 1.10 bits per heavy atom. The number of hydrogen-bond donors (Lipinski definition) is 1. The minimum atomic E-state index is 0.453. The van der Waals surface area contributed by atoms with Gasteiger partial charge in [0, 0.05) is 6.04 Å². The molecule has 1 aromatic rings. The summed E-state index contributed by atoms with van der Waals surface area (Å²) >= 11 is 0. The maximum absolute atomic E-state index is 5.77. The summed E-state index contributed by atoms with van der Waals surface area (Å²) in [6.07, 6.45) is 6.01. The Hall–Kier alpha value is -1.02. The minimum absolute atomic E-state index is 0.453. The topological polar surface area (TPSA) is 21.3 Å². The van der Waals surface area contributed by atoms with Crippen molar-refractivity contribution in [2.45, 2.75) is 65.8 Å². The van der Waals surface area contributed by atoms with Gasteiger partial charge in [-0.1, -0.05) is 52.7 Å². The molecule has 2 heteroatoms. The van der Waals surface area contributed by atoms with Gasteiger partial charge in [-0.15, -0.1) is 0 Å². The zero-order valence-corrected chi connectivity index (χ0v) is 14.3. The second-order valence-electron chi connectivity index (χ2n) is 6.25. The molecule has 21 heavy (non-hydrogen) atoms. The fraction of sp³-hybridized carbons (Fsp3) is 0.684. The van der Waals surface area contributed by atoms with Gasteiger partial charge in [-0.05, 0) is 49.4 Å². The molecule has 0 saturated carbocycles. The molecule has 1 aromatic carbocycles.